The van der Waals surface area contributed by atoms with Crippen LogP contribution in [0, 0.1) is 19.7 Å². The van der Waals surface area contributed by atoms with Gasteiger partial charge in [-0.25, -0.2) is 4.39 Å². The Morgan fingerprint density at radius 3 is 2.47 bits per heavy atom. The van der Waals surface area contributed by atoms with Crippen LogP contribution < -0.4 is 10.6 Å². The fourth-order valence-corrected chi connectivity index (χ4v) is 5.17. The molecular formula is C28H26FN5OS. The summed E-state index contributed by atoms with van der Waals surface area (Å²) in [5.74, 6) is -0.443. The highest BCUT2D eigenvalue weighted by Crippen LogP contribution is 2.41. The van der Waals surface area contributed by atoms with E-state index in [1.165, 1.54) is 12.1 Å². The van der Waals surface area contributed by atoms with E-state index in [2.05, 4.69) is 26.3 Å². The Balaban J connectivity index is 1.53. The van der Waals surface area contributed by atoms with E-state index in [1.54, 1.807) is 18.3 Å². The van der Waals surface area contributed by atoms with E-state index in [0.29, 0.717) is 5.11 Å². The summed E-state index contributed by atoms with van der Waals surface area (Å²) in [6, 6.07) is 23.2. The second-order valence-corrected chi connectivity index (χ2v) is 9.19. The normalized spacial score (nSPS) is 17.2. The van der Waals surface area contributed by atoms with E-state index in [1.807, 2.05) is 67.3 Å². The molecule has 0 radical (unpaired) electrons. The van der Waals surface area contributed by atoms with Gasteiger partial charge in [0.2, 0.25) is 5.91 Å². The van der Waals surface area contributed by atoms with Crippen LogP contribution >= 0.6 is 12.2 Å². The second-order valence-electron chi connectivity index (χ2n) is 8.81. The number of hydrogen-bond acceptors (Lipinski definition) is 3. The Morgan fingerprint density at radius 2 is 1.78 bits per heavy atom. The maximum absolute atomic E-state index is 13.6. The lowest BCUT2D eigenvalue weighted by atomic mass is 9.96. The van der Waals surface area contributed by atoms with Crippen molar-refractivity contribution in [3.8, 4) is 5.69 Å². The van der Waals surface area contributed by atoms with Gasteiger partial charge in [0.1, 0.15) is 12.4 Å². The van der Waals surface area contributed by atoms with Gasteiger partial charge in [0.05, 0.1) is 17.8 Å². The maximum Gasteiger partial charge on any atom is 0.244 e. The zero-order valence-electron chi connectivity index (χ0n) is 20.0. The van der Waals surface area contributed by atoms with Gasteiger partial charge in [-0.1, -0.05) is 24.3 Å². The van der Waals surface area contributed by atoms with Gasteiger partial charge in [-0.3, -0.25) is 9.78 Å². The van der Waals surface area contributed by atoms with Gasteiger partial charge in [-0.15, -0.1) is 0 Å². The first-order valence-corrected chi connectivity index (χ1v) is 12.1. The predicted octanol–water partition coefficient (Wildman–Crippen LogP) is 5.24. The van der Waals surface area contributed by atoms with Crippen LogP contribution in [0.3, 0.4) is 0 Å². The molecule has 1 aliphatic rings. The number of halogens is 1. The Hall–Kier alpha value is -4.04. The number of aryl methyl sites for hydroxylation is 1. The average Bonchev–Trinajstić information content (AvgIpc) is 3.35. The number of thiocarbonyl (C=S) groups is 1. The minimum Gasteiger partial charge on any atom is -0.352 e. The molecule has 182 valence electrons. The van der Waals surface area contributed by atoms with E-state index in [-0.39, 0.29) is 30.4 Å². The van der Waals surface area contributed by atoms with Crippen LogP contribution in [0.25, 0.3) is 5.69 Å². The van der Waals surface area contributed by atoms with Crippen LogP contribution in [0.5, 0.6) is 0 Å². The van der Waals surface area contributed by atoms with Crippen molar-refractivity contribution in [3.63, 3.8) is 0 Å². The van der Waals surface area contributed by atoms with Gasteiger partial charge in [-0.2, -0.15) is 0 Å². The number of aromatic nitrogens is 2. The number of hydrogen-bond donors (Lipinski definition) is 2. The van der Waals surface area contributed by atoms with Crippen molar-refractivity contribution in [2.45, 2.75) is 25.9 Å². The second kappa shape index (κ2) is 9.91. The number of nitrogens with zero attached hydrogens (tertiary/aromatic N) is 3. The molecule has 0 aliphatic carbocycles. The Morgan fingerprint density at radius 1 is 1.06 bits per heavy atom. The van der Waals surface area contributed by atoms with E-state index in [0.717, 1.165) is 34.0 Å². The molecule has 2 unspecified atom stereocenters. The van der Waals surface area contributed by atoms with Crippen molar-refractivity contribution in [1.29, 1.82) is 0 Å². The fourth-order valence-electron chi connectivity index (χ4n) is 4.87. The molecule has 0 bridgehead atoms. The molecule has 4 aromatic rings. The van der Waals surface area contributed by atoms with Crippen molar-refractivity contribution in [2.24, 2.45) is 0 Å². The summed E-state index contributed by atoms with van der Waals surface area (Å²) in [7, 11) is 0. The minimum atomic E-state index is -0.280. The highest BCUT2D eigenvalue weighted by atomic mass is 32.1. The zero-order chi connectivity index (χ0) is 25.2. The number of nitrogens with one attached hydrogen (secondary N) is 2. The molecule has 2 aromatic heterocycles. The van der Waals surface area contributed by atoms with E-state index < -0.39 is 0 Å². The Labute approximate surface area is 214 Å². The molecule has 2 atom stereocenters. The molecular weight excluding hydrogens is 473 g/mol. The Kier molecular flexibility index (Phi) is 6.52. The molecule has 3 heterocycles. The summed E-state index contributed by atoms with van der Waals surface area (Å²) in [5.41, 5.74) is 5.45. The number of rotatable bonds is 6. The molecule has 2 N–H and O–H groups in total. The number of pyridine rings is 1. The quantitative estimate of drug-likeness (QED) is 0.355. The van der Waals surface area contributed by atoms with Crippen molar-refractivity contribution in [3.05, 3.63) is 114 Å². The first-order chi connectivity index (χ1) is 17.4. The maximum atomic E-state index is 13.6. The summed E-state index contributed by atoms with van der Waals surface area (Å²) >= 11 is 5.73. The number of para-hydroxylation sites is 1. The Bertz CT molecular complexity index is 1390. The van der Waals surface area contributed by atoms with Gasteiger partial charge < -0.3 is 20.1 Å². The topological polar surface area (TPSA) is 62.2 Å². The predicted molar refractivity (Wildman–Crippen MR) is 142 cm³/mol. The van der Waals surface area contributed by atoms with Crippen LogP contribution in [0.1, 0.15) is 34.7 Å². The van der Waals surface area contributed by atoms with Gasteiger partial charge in [-0.05, 0) is 86.2 Å². The van der Waals surface area contributed by atoms with Gasteiger partial charge in [0, 0.05) is 29.0 Å². The molecule has 6 nitrogen and oxygen atoms in total. The molecule has 1 fully saturated rings. The molecule has 8 heteroatoms. The van der Waals surface area contributed by atoms with Crippen molar-refractivity contribution in [1.82, 2.24) is 19.8 Å². The minimum absolute atomic E-state index is 0.0783. The summed E-state index contributed by atoms with van der Waals surface area (Å²) in [4.78, 5) is 19.5. The third-order valence-corrected chi connectivity index (χ3v) is 6.80. The highest BCUT2D eigenvalue weighted by Gasteiger charge is 2.42. The molecule has 0 saturated carbocycles. The van der Waals surface area contributed by atoms with Gasteiger partial charge in [0.25, 0.3) is 0 Å². The highest BCUT2D eigenvalue weighted by molar-refractivity contribution is 7.80. The lowest BCUT2D eigenvalue weighted by Gasteiger charge is -2.27. The van der Waals surface area contributed by atoms with Crippen molar-refractivity contribution >= 4 is 28.9 Å². The summed E-state index contributed by atoms with van der Waals surface area (Å²) in [5, 5.41) is 6.84. The molecule has 1 aliphatic heterocycles. The zero-order valence-corrected chi connectivity index (χ0v) is 20.8. The largest absolute Gasteiger partial charge is 0.352 e. The third-order valence-electron chi connectivity index (χ3n) is 6.44. The number of benzene rings is 2. The summed E-state index contributed by atoms with van der Waals surface area (Å²) in [6.07, 6.45) is 1.75. The van der Waals surface area contributed by atoms with Gasteiger partial charge >= 0.3 is 0 Å². The number of anilines is 1. The summed E-state index contributed by atoms with van der Waals surface area (Å²) in [6.45, 7) is 4.13. The smallest absolute Gasteiger partial charge is 0.244 e. The van der Waals surface area contributed by atoms with Crippen LogP contribution in [0.2, 0.25) is 0 Å². The van der Waals surface area contributed by atoms with E-state index in [9.17, 15) is 9.18 Å². The van der Waals surface area contributed by atoms with E-state index in [4.69, 9.17) is 12.2 Å². The number of carbonyl (C=O) groups is 1. The molecule has 0 spiro atoms. The van der Waals surface area contributed by atoms with E-state index >= 15 is 0 Å². The molecule has 1 saturated heterocycles. The first-order valence-electron chi connectivity index (χ1n) is 11.7. The average molecular weight is 500 g/mol. The molecule has 2 aromatic carbocycles. The molecule has 1 amide bonds. The number of amides is 1. The monoisotopic (exact) mass is 499 g/mol. The first kappa shape index (κ1) is 23.7. The fraction of sp³-hybridized carbons (Fsp3) is 0.179. The molecule has 36 heavy (non-hydrogen) atoms. The SMILES string of the molecule is Cc1cc(C2C(c3ccccn3)NC(=S)N2CC(=O)Nc2ccccc2)c(C)n1-c1ccc(F)cc1. The summed E-state index contributed by atoms with van der Waals surface area (Å²) < 4.78 is 15.7. The molecule has 5 rings (SSSR count). The van der Waals surface area contributed by atoms with Crippen LogP contribution in [0.4, 0.5) is 10.1 Å². The lowest BCUT2D eigenvalue weighted by Crippen LogP contribution is -2.37. The van der Waals surface area contributed by atoms with Crippen LogP contribution in [-0.2, 0) is 4.79 Å². The lowest BCUT2D eigenvalue weighted by molar-refractivity contribution is -0.116. The van der Waals surface area contributed by atoms with Crippen molar-refractivity contribution in [2.75, 3.05) is 11.9 Å². The third kappa shape index (κ3) is 4.59. The van der Waals surface area contributed by atoms with Gasteiger partial charge in [0.15, 0.2) is 5.11 Å². The standard InChI is InChI=1S/C28H26FN5OS/c1-18-16-23(19(2)34(18)22-13-11-20(29)12-14-22)27-26(24-10-6-7-15-30-24)32-28(36)33(27)17-25(35)31-21-8-4-3-5-9-21/h3-16,26-27H,17H2,1-2H3,(H,31,35)(H,32,36). The van der Waals surface area contributed by atoms with Crippen LogP contribution in [0.15, 0.2) is 85.1 Å². The number of carbonyl (C=O) groups excluding carboxylic acids is 1. The van der Waals surface area contributed by atoms with Crippen LogP contribution in [-0.4, -0.2) is 32.0 Å². The van der Waals surface area contributed by atoms with Crippen molar-refractivity contribution < 1.29 is 9.18 Å².